The number of carbonyl (C=O) groups excluding carboxylic acids is 1. The van der Waals surface area contributed by atoms with Crippen molar-refractivity contribution in [1.82, 2.24) is 4.57 Å². The molecule has 0 atom stereocenters. The number of hydrogen-bond donors (Lipinski definition) is 1. The fourth-order valence-electron chi connectivity index (χ4n) is 2.50. The summed E-state index contributed by atoms with van der Waals surface area (Å²) in [4.78, 5) is 12.5. The molecule has 0 bridgehead atoms. The Kier molecular flexibility index (Phi) is 3.93. The number of nitrogens with one attached hydrogen (secondary N) is 1. The van der Waals surface area contributed by atoms with Gasteiger partial charge in [-0.15, -0.1) is 0 Å². The molecule has 1 amide bonds. The number of rotatable bonds is 4. The van der Waals surface area contributed by atoms with E-state index < -0.39 is 0 Å². The molecule has 2 aromatic carbocycles. The lowest BCUT2D eigenvalue weighted by molar-refractivity contribution is 0.102. The van der Waals surface area contributed by atoms with Crippen molar-refractivity contribution in [3.8, 4) is 11.5 Å². The Balaban J connectivity index is 1.87. The number of ether oxygens (including phenoxy) is 2. The Morgan fingerprint density at radius 2 is 1.70 bits per heavy atom. The second-order valence-corrected chi connectivity index (χ2v) is 5.26. The number of nitrogens with zero attached hydrogens (tertiary/aromatic N) is 1. The van der Waals surface area contributed by atoms with Gasteiger partial charge in [0.05, 0.1) is 14.2 Å². The van der Waals surface area contributed by atoms with Crippen molar-refractivity contribution in [2.45, 2.75) is 0 Å². The molecule has 0 saturated heterocycles. The quantitative estimate of drug-likeness (QED) is 0.803. The molecule has 1 aromatic heterocycles. The first-order valence-electron chi connectivity index (χ1n) is 7.20. The van der Waals surface area contributed by atoms with Gasteiger partial charge in [0.2, 0.25) is 0 Å². The summed E-state index contributed by atoms with van der Waals surface area (Å²) in [5.41, 5.74) is 2.34. The van der Waals surface area contributed by atoms with Crippen molar-refractivity contribution >= 4 is 22.5 Å². The molecule has 1 heterocycles. The highest BCUT2D eigenvalue weighted by Crippen LogP contribution is 2.24. The van der Waals surface area contributed by atoms with Gasteiger partial charge in [0.1, 0.15) is 11.5 Å². The molecular formula is C18H18N2O3. The lowest BCUT2D eigenvalue weighted by Gasteiger charge is -2.09. The highest BCUT2D eigenvalue weighted by atomic mass is 16.5. The van der Waals surface area contributed by atoms with Crippen LogP contribution in [-0.4, -0.2) is 24.7 Å². The summed E-state index contributed by atoms with van der Waals surface area (Å²) in [7, 11) is 5.10. The Morgan fingerprint density at radius 1 is 1.00 bits per heavy atom. The fourth-order valence-corrected chi connectivity index (χ4v) is 2.50. The summed E-state index contributed by atoms with van der Waals surface area (Å²) in [5, 5.41) is 3.98. The van der Waals surface area contributed by atoms with Gasteiger partial charge in [-0.1, -0.05) is 0 Å². The molecule has 0 aliphatic rings. The number of benzene rings is 2. The van der Waals surface area contributed by atoms with Crippen molar-refractivity contribution in [1.29, 1.82) is 0 Å². The minimum absolute atomic E-state index is 0.211. The van der Waals surface area contributed by atoms with Crippen LogP contribution in [0.4, 0.5) is 5.69 Å². The van der Waals surface area contributed by atoms with Gasteiger partial charge >= 0.3 is 0 Å². The Morgan fingerprint density at radius 3 is 2.35 bits per heavy atom. The van der Waals surface area contributed by atoms with E-state index in [9.17, 15) is 4.79 Å². The van der Waals surface area contributed by atoms with Crippen LogP contribution in [0.5, 0.6) is 11.5 Å². The number of aryl methyl sites for hydroxylation is 1. The van der Waals surface area contributed by atoms with Crippen LogP contribution in [0.1, 0.15) is 10.4 Å². The van der Waals surface area contributed by atoms with Crippen LogP contribution >= 0.6 is 0 Å². The molecule has 5 nitrogen and oxygen atoms in total. The fraction of sp³-hybridized carbons (Fsp3) is 0.167. The van der Waals surface area contributed by atoms with E-state index in [1.807, 2.05) is 42.1 Å². The predicted octanol–water partition coefficient (Wildman–Crippen LogP) is 3.45. The monoisotopic (exact) mass is 310 g/mol. The molecular weight excluding hydrogens is 292 g/mol. The minimum Gasteiger partial charge on any atom is -0.497 e. The highest BCUT2D eigenvalue weighted by molar-refractivity contribution is 6.05. The number of methoxy groups -OCH3 is 2. The average Bonchev–Trinajstić information content (AvgIpc) is 2.94. The molecule has 0 aliphatic heterocycles. The van der Waals surface area contributed by atoms with Crippen LogP contribution in [0.15, 0.2) is 48.7 Å². The van der Waals surface area contributed by atoms with Crippen LogP contribution in [0.2, 0.25) is 0 Å². The average molecular weight is 310 g/mol. The van der Waals surface area contributed by atoms with Gasteiger partial charge in [-0.25, -0.2) is 0 Å². The Bertz CT molecular complexity index is 846. The maximum Gasteiger partial charge on any atom is 0.255 e. The van der Waals surface area contributed by atoms with Crippen molar-refractivity contribution < 1.29 is 14.3 Å². The number of hydrogen-bond acceptors (Lipinski definition) is 3. The summed E-state index contributed by atoms with van der Waals surface area (Å²) >= 11 is 0. The normalized spacial score (nSPS) is 10.6. The zero-order valence-corrected chi connectivity index (χ0v) is 13.3. The molecule has 0 spiro atoms. The molecule has 5 heteroatoms. The van der Waals surface area contributed by atoms with Gasteiger partial charge in [0.25, 0.3) is 5.91 Å². The summed E-state index contributed by atoms with van der Waals surface area (Å²) in [6.07, 6.45) is 1.99. The van der Waals surface area contributed by atoms with Gasteiger partial charge < -0.3 is 19.4 Å². The van der Waals surface area contributed by atoms with Gasteiger partial charge in [-0.05, 0) is 36.4 Å². The smallest absolute Gasteiger partial charge is 0.255 e. The molecule has 3 aromatic rings. The molecule has 0 aliphatic carbocycles. The number of carbonyl (C=O) groups is 1. The van der Waals surface area contributed by atoms with E-state index in [0.717, 1.165) is 16.6 Å². The largest absolute Gasteiger partial charge is 0.497 e. The highest BCUT2D eigenvalue weighted by Gasteiger charge is 2.11. The van der Waals surface area contributed by atoms with Gasteiger partial charge in [0, 0.05) is 41.5 Å². The molecule has 23 heavy (non-hydrogen) atoms. The maximum absolute atomic E-state index is 12.5. The Hall–Kier alpha value is -2.95. The van der Waals surface area contributed by atoms with Crippen LogP contribution in [0, 0.1) is 0 Å². The van der Waals surface area contributed by atoms with E-state index in [2.05, 4.69) is 5.32 Å². The van der Waals surface area contributed by atoms with Crippen molar-refractivity contribution in [3.05, 3.63) is 54.2 Å². The topological polar surface area (TPSA) is 52.5 Å². The number of aromatic nitrogens is 1. The van der Waals surface area contributed by atoms with E-state index in [-0.39, 0.29) is 5.91 Å². The lowest BCUT2D eigenvalue weighted by atomic mass is 10.1. The van der Waals surface area contributed by atoms with Crippen LogP contribution < -0.4 is 14.8 Å². The van der Waals surface area contributed by atoms with Crippen LogP contribution in [-0.2, 0) is 7.05 Å². The third-order valence-electron chi connectivity index (χ3n) is 3.76. The first kappa shape index (κ1) is 15.0. The maximum atomic E-state index is 12.5. The summed E-state index contributed by atoms with van der Waals surface area (Å²) < 4.78 is 12.4. The second kappa shape index (κ2) is 6.04. The molecule has 118 valence electrons. The van der Waals surface area contributed by atoms with E-state index in [0.29, 0.717) is 17.1 Å². The Labute approximate surface area is 134 Å². The van der Waals surface area contributed by atoms with Crippen molar-refractivity contribution in [3.63, 3.8) is 0 Å². The van der Waals surface area contributed by atoms with Crippen molar-refractivity contribution in [2.24, 2.45) is 7.05 Å². The molecule has 3 rings (SSSR count). The third kappa shape index (κ3) is 2.99. The van der Waals surface area contributed by atoms with Gasteiger partial charge in [-0.2, -0.15) is 0 Å². The molecule has 0 saturated carbocycles. The van der Waals surface area contributed by atoms with E-state index in [4.69, 9.17) is 9.47 Å². The van der Waals surface area contributed by atoms with Crippen molar-refractivity contribution in [2.75, 3.05) is 19.5 Å². The number of anilines is 1. The van der Waals surface area contributed by atoms with Gasteiger partial charge in [0.15, 0.2) is 0 Å². The number of amides is 1. The molecule has 0 fully saturated rings. The summed E-state index contributed by atoms with van der Waals surface area (Å²) in [6.45, 7) is 0. The van der Waals surface area contributed by atoms with Gasteiger partial charge in [-0.3, -0.25) is 4.79 Å². The summed E-state index contributed by atoms with van der Waals surface area (Å²) in [5.74, 6) is 0.943. The second-order valence-electron chi connectivity index (χ2n) is 5.26. The van der Waals surface area contributed by atoms with E-state index in [1.165, 1.54) is 0 Å². The van der Waals surface area contributed by atoms with E-state index >= 15 is 0 Å². The van der Waals surface area contributed by atoms with Crippen LogP contribution in [0.3, 0.4) is 0 Å². The molecule has 0 unspecified atom stereocenters. The molecule has 0 radical (unpaired) electrons. The standard InChI is InChI=1S/C18H18N2O3/c1-20-7-6-12-8-14(4-5-17(12)20)19-18(21)13-9-15(22-2)11-16(10-13)23-3/h4-11H,1-3H3,(H,19,21). The van der Waals surface area contributed by atoms with Crippen LogP contribution in [0.25, 0.3) is 10.9 Å². The predicted molar refractivity (Wildman–Crippen MR) is 90.4 cm³/mol. The SMILES string of the molecule is COc1cc(OC)cc(C(=O)Nc2ccc3c(ccn3C)c2)c1. The van der Waals surface area contributed by atoms with E-state index in [1.54, 1.807) is 32.4 Å². The third-order valence-corrected chi connectivity index (χ3v) is 3.76. The number of fused-ring (bicyclic) bond motifs is 1. The zero-order valence-electron chi connectivity index (χ0n) is 13.3. The first-order valence-corrected chi connectivity index (χ1v) is 7.20. The lowest BCUT2D eigenvalue weighted by Crippen LogP contribution is -2.12. The first-order chi connectivity index (χ1) is 11.1. The minimum atomic E-state index is -0.211. The summed E-state index contributed by atoms with van der Waals surface area (Å²) in [6, 6.07) is 12.9. The zero-order chi connectivity index (χ0) is 16.4. The molecule has 1 N–H and O–H groups in total.